The van der Waals surface area contributed by atoms with Gasteiger partial charge in [-0.3, -0.25) is 0 Å². The maximum Gasteiger partial charge on any atom is 0.124 e. The molecular formula is C16H15BrFNO. The number of halogens is 2. The Hall–Kier alpha value is -1.39. The molecule has 0 heterocycles. The Bertz CT molecular complexity index is 644. The fourth-order valence-corrected chi connectivity index (χ4v) is 2.98. The lowest BCUT2D eigenvalue weighted by molar-refractivity contribution is 0.305. The maximum atomic E-state index is 13.0. The minimum absolute atomic E-state index is 0.158. The molecule has 0 spiro atoms. The molecule has 2 aromatic carbocycles. The zero-order valence-corrected chi connectivity index (χ0v) is 12.5. The van der Waals surface area contributed by atoms with E-state index < -0.39 is 0 Å². The molecule has 0 saturated carbocycles. The lowest BCUT2D eigenvalue weighted by Crippen LogP contribution is -2.05. The first-order valence-corrected chi connectivity index (χ1v) is 7.38. The van der Waals surface area contributed by atoms with E-state index in [1.54, 1.807) is 6.07 Å². The van der Waals surface area contributed by atoms with Crippen LogP contribution in [0.1, 0.15) is 29.2 Å². The summed E-state index contributed by atoms with van der Waals surface area (Å²) in [6.07, 6.45) is 2.01. The van der Waals surface area contributed by atoms with Gasteiger partial charge in [-0.05, 0) is 48.2 Å². The Morgan fingerprint density at radius 3 is 2.90 bits per heavy atom. The van der Waals surface area contributed by atoms with Crippen molar-refractivity contribution in [2.45, 2.75) is 25.5 Å². The molecule has 0 aromatic heterocycles. The minimum atomic E-state index is -0.257. The van der Waals surface area contributed by atoms with Gasteiger partial charge in [-0.15, -0.1) is 0 Å². The van der Waals surface area contributed by atoms with Crippen LogP contribution in [0.4, 0.5) is 4.39 Å². The smallest absolute Gasteiger partial charge is 0.124 e. The van der Waals surface area contributed by atoms with E-state index in [0.29, 0.717) is 6.61 Å². The van der Waals surface area contributed by atoms with Crippen LogP contribution in [0, 0.1) is 5.82 Å². The summed E-state index contributed by atoms with van der Waals surface area (Å²) < 4.78 is 19.5. The second-order valence-electron chi connectivity index (χ2n) is 5.03. The third-order valence-corrected chi connectivity index (χ3v) is 4.39. The van der Waals surface area contributed by atoms with Gasteiger partial charge in [-0.1, -0.05) is 28.1 Å². The molecule has 0 radical (unpaired) electrons. The molecule has 20 heavy (non-hydrogen) atoms. The van der Waals surface area contributed by atoms with E-state index in [0.717, 1.165) is 28.6 Å². The third-order valence-electron chi connectivity index (χ3n) is 3.65. The SMILES string of the molecule is N[C@H]1CCc2cc(OCc3ccc(F)cc3Br)ccc21. The van der Waals surface area contributed by atoms with Crippen molar-refractivity contribution in [3.05, 3.63) is 63.4 Å². The summed E-state index contributed by atoms with van der Waals surface area (Å²) in [6, 6.07) is 10.8. The van der Waals surface area contributed by atoms with Crippen molar-refractivity contribution >= 4 is 15.9 Å². The Kier molecular flexibility index (Phi) is 3.76. The fourth-order valence-electron chi connectivity index (χ4n) is 2.52. The Morgan fingerprint density at radius 1 is 1.25 bits per heavy atom. The summed E-state index contributed by atoms with van der Waals surface area (Å²) in [5, 5.41) is 0. The number of ether oxygens (including phenoxy) is 1. The van der Waals surface area contributed by atoms with Gasteiger partial charge in [0, 0.05) is 16.1 Å². The molecule has 0 bridgehead atoms. The van der Waals surface area contributed by atoms with E-state index in [1.165, 1.54) is 23.3 Å². The Balaban J connectivity index is 1.73. The highest BCUT2D eigenvalue weighted by molar-refractivity contribution is 9.10. The molecule has 0 amide bonds. The average molecular weight is 336 g/mol. The number of aryl methyl sites for hydroxylation is 1. The van der Waals surface area contributed by atoms with E-state index in [1.807, 2.05) is 12.1 Å². The molecule has 1 atom stereocenters. The van der Waals surface area contributed by atoms with Gasteiger partial charge in [-0.25, -0.2) is 4.39 Å². The molecule has 3 rings (SSSR count). The molecule has 1 aliphatic rings. The first-order chi connectivity index (χ1) is 9.63. The molecule has 0 saturated heterocycles. The monoisotopic (exact) mass is 335 g/mol. The highest BCUT2D eigenvalue weighted by atomic mass is 79.9. The summed E-state index contributed by atoms with van der Waals surface area (Å²) in [4.78, 5) is 0. The molecule has 2 nitrogen and oxygen atoms in total. The second kappa shape index (κ2) is 5.54. The summed E-state index contributed by atoms with van der Waals surface area (Å²) in [7, 11) is 0. The van der Waals surface area contributed by atoms with E-state index in [-0.39, 0.29) is 11.9 Å². The number of hydrogen-bond donors (Lipinski definition) is 1. The van der Waals surface area contributed by atoms with Gasteiger partial charge in [0.1, 0.15) is 18.2 Å². The highest BCUT2D eigenvalue weighted by Crippen LogP contribution is 2.32. The highest BCUT2D eigenvalue weighted by Gasteiger charge is 2.19. The van der Waals surface area contributed by atoms with Crippen LogP contribution in [-0.4, -0.2) is 0 Å². The van der Waals surface area contributed by atoms with Gasteiger partial charge >= 0.3 is 0 Å². The number of nitrogens with two attached hydrogens (primary N) is 1. The predicted molar refractivity (Wildman–Crippen MR) is 80.1 cm³/mol. The molecule has 2 N–H and O–H groups in total. The predicted octanol–water partition coefficient (Wildman–Crippen LogP) is 4.11. The van der Waals surface area contributed by atoms with Crippen molar-refractivity contribution in [1.29, 1.82) is 0 Å². The van der Waals surface area contributed by atoms with Gasteiger partial charge in [-0.2, -0.15) is 0 Å². The molecule has 1 aliphatic carbocycles. The maximum absolute atomic E-state index is 13.0. The zero-order valence-electron chi connectivity index (χ0n) is 10.9. The van der Waals surface area contributed by atoms with Gasteiger partial charge in [0.15, 0.2) is 0 Å². The van der Waals surface area contributed by atoms with Crippen LogP contribution in [0.3, 0.4) is 0 Å². The molecular weight excluding hydrogens is 321 g/mol. The van der Waals surface area contributed by atoms with E-state index in [9.17, 15) is 4.39 Å². The molecule has 0 fully saturated rings. The third kappa shape index (κ3) is 2.72. The number of fused-ring (bicyclic) bond motifs is 1. The van der Waals surface area contributed by atoms with Crippen LogP contribution in [0.15, 0.2) is 40.9 Å². The normalized spacial score (nSPS) is 17.1. The van der Waals surface area contributed by atoms with Crippen LogP contribution >= 0.6 is 15.9 Å². The number of rotatable bonds is 3. The van der Waals surface area contributed by atoms with Gasteiger partial charge < -0.3 is 10.5 Å². The summed E-state index contributed by atoms with van der Waals surface area (Å²) in [6.45, 7) is 0.408. The standard InChI is InChI=1S/C16H15BrFNO/c17-15-8-12(18)3-1-11(15)9-20-13-4-5-14-10(7-13)2-6-16(14)19/h1,3-5,7-8,16H,2,6,9,19H2/t16-/m0/s1. The van der Waals surface area contributed by atoms with Crippen LogP contribution in [0.25, 0.3) is 0 Å². The van der Waals surface area contributed by atoms with Crippen molar-refractivity contribution in [2.75, 3.05) is 0 Å². The molecule has 4 heteroatoms. The minimum Gasteiger partial charge on any atom is -0.489 e. The second-order valence-corrected chi connectivity index (χ2v) is 5.88. The quantitative estimate of drug-likeness (QED) is 0.915. The molecule has 2 aromatic rings. The van der Waals surface area contributed by atoms with Gasteiger partial charge in [0.25, 0.3) is 0 Å². The topological polar surface area (TPSA) is 35.2 Å². The first kappa shape index (κ1) is 13.6. The van der Waals surface area contributed by atoms with Crippen LogP contribution in [0.2, 0.25) is 0 Å². The van der Waals surface area contributed by atoms with Gasteiger partial charge in [0.05, 0.1) is 0 Å². The molecule has 104 valence electrons. The van der Waals surface area contributed by atoms with E-state index >= 15 is 0 Å². The number of hydrogen-bond acceptors (Lipinski definition) is 2. The molecule has 0 aliphatic heterocycles. The van der Waals surface area contributed by atoms with Crippen molar-refractivity contribution in [3.8, 4) is 5.75 Å². The van der Waals surface area contributed by atoms with Crippen molar-refractivity contribution in [1.82, 2.24) is 0 Å². The zero-order chi connectivity index (χ0) is 14.1. The summed E-state index contributed by atoms with van der Waals surface area (Å²) >= 11 is 3.34. The van der Waals surface area contributed by atoms with E-state index in [4.69, 9.17) is 10.5 Å². The van der Waals surface area contributed by atoms with Crippen molar-refractivity contribution in [2.24, 2.45) is 5.73 Å². The summed E-state index contributed by atoms with van der Waals surface area (Å²) in [5.74, 6) is 0.571. The van der Waals surface area contributed by atoms with Gasteiger partial charge in [0.2, 0.25) is 0 Å². The van der Waals surface area contributed by atoms with Crippen LogP contribution in [-0.2, 0) is 13.0 Å². The Morgan fingerprint density at radius 2 is 2.10 bits per heavy atom. The molecule has 0 unspecified atom stereocenters. The van der Waals surface area contributed by atoms with Crippen LogP contribution < -0.4 is 10.5 Å². The first-order valence-electron chi connectivity index (χ1n) is 6.58. The van der Waals surface area contributed by atoms with E-state index in [2.05, 4.69) is 22.0 Å². The van der Waals surface area contributed by atoms with Crippen LogP contribution in [0.5, 0.6) is 5.75 Å². The Labute approximate surface area is 125 Å². The average Bonchev–Trinajstić information content (AvgIpc) is 2.79. The largest absolute Gasteiger partial charge is 0.489 e. The van der Waals surface area contributed by atoms with Crippen molar-refractivity contribution in [3.63, 3.8) is 0 Å². The lowest BCUT2D eigenvalue weighted by Gasteiger charge is -2.10. The van der Waals surface area contributed by atoms with Crippen molar-refractivity contribution < 1.29 is 9.13 Å². The fraction of sp³-hybridized carbons (Fsp3) is 0.250. The lowest BCUT2D eigenvalue weighted by atomic mass is 10.1. The summed E-state index contributed by atoms with van der Waals surface area (Å²) in [5.41, 5.74) is 9.43. The number of benzene rings is 2.